The van der Waals surface area contributed by atoms with Crippen molar-refractivity contribution in [2.24, 2.45) is 41.4 Å². The summed E-state index contributed by atoms with van der Waals surface area (Å²) in [5.74, 6) is 3.91. The molecule has 0 saturated heterocycles. The van der Waals surface area contributed by atoms with Crippen LogP contribution in [0, 0.1) is 41.4 Å². The van der Waals surface area contributed by atoms with E-state index in [0.29, 0.717) is 5.92 Å². The average Bonchev–Trinajstić information content (AvgIpc) is 2.77. The average molecular weight is 208 g/mol. The third-order valence-electron chi connectivity index (χ3n) is 5.51. The van der Waals surface area contributed by atoms with Gasteiger partial charge in [0.25, 0.3) is 0 Å². The molecule has 0 aliphatic heterocycles. The molecule has 2 nitrogen and oxygen atoms in total. The molecule has 2 bridgehead atoms. The summed E-state index contributed by atoms with van der Waals surface area (Å²) in [5, 5.41) is 9.21. The quantitative estimate of drug-likeness (QED) is 0.719. The largest absolute Gasteiger partial charge is 0.481 e. The van der Waals surface area contributed by atoms with Crippen LogP contribution in [-0.4, -0.2) is 11.1 Å². The van der Waals surface area contributed by atoms with Crippen molar-refractivity contribution in [3.8, 4) is 0 Å². The number of hydrogen-bond acceptors (Lipinski definition) is 1. The fourth-order valence-electron chi connectivity index (χ4n) is 5.28. The molecule has 0 heterocycles. The van der Waals surface area contributed by atoms with E-state index < -0.39 is 5.97 Å². The fraction of sp³-hybridized carbons (Fsp3) is 0.923. The minimum atomic E-state index is -0.535. The number of aliphatic carboxylic acids is 1. The SMILES string of the molecule is CC1CC(C)C2C3CC(CC3C(=O)O)C12. The number of rotatable bonds is 1. The van der Waals surface area contributed by atoms with Crippen LogP contribution in [0.25, 0.3) is 0 Å². The van der Waals surface area contributed by atoms with Crippen molar-refractivity contribution >= 4 is 5.97 Å². The maximum atomic E-state index is 11.2. The Morgan fingerprint density at radius 1 is 1.07 bits per heavy atom. The van der Waals surface area contributed by atoms with Crippen molar-refractivity contribution in [2.45, 2.75) is 33.1 Å². The van der Waals surface area contributed by atoms with Gasteiger partial charge in [0.1, 0.15) is 0 Å². The Kier molecular flexibility index (Phi) is 1.93. The predicted molar refractivity (Wildman–Crippen MR) is 57.3 cm³/mol. The van der Waals surface area contributed by atoms with E-state index in [4.69, 9.17) is 0 Å². The van der Waals surface area contributed by atoms with Gasteiger partial charge in [-0.2, -0.15) is 0 Å². The molecule has 3 aliphatic rings. The third kappa shape index (κ3) is 1.14. The van der Waals surface area contributed by atoms with Crippen LogP contribution in [0.2, 0.25) is 0 Å². The molecule has 3 fully saturated rings. The molecule has 2 heteroatoms. The molecule has 1 N–H and O–H groups in total. The predicted octanol–water partition coefficient (Wildman–Crippen LogP) is 2.64. The molecular formula is C13H20O2. The molecule has 0 radical (unpaired) electrons. The Balaban J connectivity index is 1.89. The summed E-state index contributed by atoms with van der Waals surface area (Å²) >= 11 is 0. The first-order valence-electron chi connectivity index (χ1n) is 6.32. The molecular weight excluding hydrogens is 188 g/mol. The second-order valence-electron chi connectivity index (χ2n) is 6.19. The van der Waals surface area contributed by atoms with Gasteiger partial charge in [0, 0.05) is 0 Å². The van der Waals surface area contributed by atoms with Crippen LogP contribution in [0.1, 0.15) is 33.1 Å². The lowest BCUT2D eigenvalue weighted by molar-refractivity contribution is -0.144. The van der Waals surface area contributed by atoms with Gasteiger partial charge in [0.15, 0.2) is 0 Å². The molecule has 0 spiro atoms. The van der Waals surface area contributed by atoms with Gasteiger partial charge in [-0.05, 0) is 54.8 Å². The zero-order valence-corrected chi connectivity index (χ0v) is 9.52. The van der Waals surface area contributed by atoms with Crippen LogP contribution in [0.4, 0.5) is 0 Å². The van der Waals surface area contributed by atoms with Crippen molar-refractivity contribution in [3.05, 3.63) is 0 Å². The molecule has 0 aromatic carbocycles. The van der Waals surface area contributed by atoms with Crippen LogP contribution in [0.5, 0.6) is 0 Å². The van der Waals surface area contributed by atoms with E-state index in [-0.39, 0.29) is 5.92 Å². The lowest BCUT2D eigenvalue weighted by atomic mass is 9.72. The fourth-order valence-corrected chi connectivity index (χ4v) is 5.28. The topological polar surface area (TPSA) is 37.3 Å². The summed E-state index contributed by atoms with van der Waals surface area (Å²) in [6.07, 6.45) is 3.51. The van der Waals surface area contributed by atoms with Gasteiger partial charge >= 0.3 is 5.97 Å². The standard InChI is InChI=1S/C13H20O2/c1-6-3-7(2)12-9-4-8(11(6)12)5-10(9)13(14)15/h6-12H,3-5H2,1-2H3,(H,14,15). The third-order valence-corrected chi connectivity index (χ3v) is 5.51. The first-order valence-corrected chi connectivity index (χ1v) is 6.32. The van der Waals surface area contributed by atoms with E-state index in [9.17, 15) is 9.90 Å². The van der Waals surface area contributed by atoms with Crippen molar-refractivity contribution in [2.75, 3.05) is 0 Å². The summed E-state index contributed by atoms with van der Waals surface area (Å²) in [7, 11) is 0. The summed E-state index contributed by atoms with van der Waals surface area (Å²) in [5.41, 5.74) is 0. The molecule has 84 valence electrons. The monoisotopic (exact) mass is 208 g/mol. The van der Waals surface area contributed by atoms with E-state index in [0.717, 1.165) is 36.0 Å². The second-order valence-corrected chi connectivity index (χ2v) is 6.19. The summed E-state index contributed by atoms with van der Waals surface area (Å²) in [4.78, 5) is 11.2. The van der Waals surface area contributed by atoms with Gasteiger partial charge in [-0.1, -0.05) is 13.8 Å². The summed E-state index contributed by atoms with van der Waals surface area (Å²) < 4.78 is 0. The maximum absolute atomic E-state index is 11.2. The first-order chi connectivity index (χ1) is 7.09. The number of hydrogen-bond donors (Lipinski definition) is 1. The van der Waals surface area contributed by atoms with Gasteiger partial charge in [0.2, 0.25) is 0 Å². The normalized spacial score (nSPS) is 57.1. The molecule has 3 rings (SSSR count). The highest BCUT2D eigenvalue weighted by Gasteiger charge is 2.59. The van der Waals surface area contributed by atoms with Gasteiger partial charge in [-0.3, -0.25) is 4.79 Å². The van der Waals surface area contributed by atoms with E-state index in [1.807, 2.05) is 0 Å². The van der Waals surface area contributed by atoms with E-state index in [1.165, 1.54) is 12.8 Å². The lowest BCUT2D eigenvalue weighted by Gasteiger charge is -2.32. The Morgan fingerprint density at radius 2 is 1.73 bits per heavy atom. The summed E-state index contributed by atoms with van der Waals surface area (Å²) in [6, 6.07) is 0. The van der Waals surface area contributed by atoms with Gasteiger partial charge in [-0.15, -0.1) is 0 Å². The molecule has 15 heavy (non-hydrogen) atoms. The number of carbonyl (C=O) groups is 1. The van der Waals surface area contributed by atoms with Crippen molar-refractivity contribution in [1.29, 1.82) is 0 Å². The smallest absolute Gasteiger partial charge is 0.306 e. The number of carboxylic acids is 1. The maximum Gasteiger partial charge on any atom is 0.306 e. The first kappa shape index (κ1) is 9.68. The van der Waals surface area contributed by atoms with Crippen LogP contribution in [0.15, 0.2) is 0 Å². The minimum absolute atomic E-state index is 0.0102. The van der Waals surface area contributed by atoms with E-state index in [2.05, 4.69) is 13.8 Å². The highest BCUT2D eigenvalue weighted by molar-refractivity contribution is 5.71. The van der Waals surface area contributed by atoms with Crippen LogP contribution in [-0.2, 0) is 4.79 Å². The van der Waals surface area contributed by atoms with Crippen LogP contribution < -0.4 is 0 Å². The van der Waals surface area contributed by atoms with E-state index in [1.54, 1.807) is 0 Å². The number of fused-ring (bicyclic) bond motifs is 5. The van der Waals surface area contributed by atoms with E-state index >= 15 is 0 Å². The van der Waals surface area contributed by atoms with Gasteiger partial charge in [-0.25, -0.2) is 0 Å². The van der Waals surface area contributed by atoms with Crippen LogP contribution in [0.3, 0.4) is 0 Å². The molecule has 3 aliphatic carbocycles. The molecule has 0 aromatic rings. The Labute approximate surface area is 91.1 Å². The second kappa shape index (κ2) is 2.99. The minimum Gasteiger partial charge on any atom is -0.481 e. The van der Waals surface area contributed by atoms with Crippen molar-refractivity contribution in [1.82, 2.24) is 0 Å². The molecule has 7 atom stereocenters. The summed E-state index contributed by atoms with van der Waals surface area (Å²) in [6.45, 7) is 4.71. The Bertz CT molecular complexity index is 299. The number of carboxylic acid groups (broad SMARTS) is 1. The molecule has 0 aromatic heterocycles. The highest BCUT2D eigenvalue weighted by Crippen LogP contribution is 2.64. The van der Waals surface area contributed by atoms with Crippen LogP contribution >= 0.6 is 0 Å². The molecule has 0 amide bonds. The Hall–Kier alpha value is -0.530. The van der Waals surface area contributed by atoms with Gasteiger partial charge < -0.3 is 5.11 Å². The zero-order chi connectivity index (χ0) is 10.7. The lowest BCUT2D eigenvalue weighted by Crippen LogP contribution is -2.32. The van der Waals surface area contributed by atoms with Crippen molar-refractivity contribution < 1.29 is 9.90 Å². The Morgan fingerprint density at radius 3 is 2.40 bits per heavy atom. The molecule has 7 unspecified atom stereocenters. The highest BCUT2D eigenvalue weighted by atomic mass is 16.4. The van der Waals surface area contributed by atoms with Crippen molar-refractivity contribution in [3.63, 3.8) is 0 Å². The molecule has 3 saturated carbocycles. The van der Waals surface area contributed by atoms with Gasteiger partial charge in [0.05, 0.1) is 5.92 Å². The zero-order valence-electron chi connectivity index (χ0n) is 9.52.